The third kappa shape index (κ3) is 3.96. The predicted molar refractivity (Wildman–Crippen MR) is 162 cm³/mol. The van der Waals surface area contributed by atoms with E-state index in [-0.39, 0.29) is 5.56 Å². The zero-order valence-electron chi connectivity index (χ0n) is 22.2. The lowest BCUT2D eigenvalue weighted by Gasteiger charge is -2.14. The molecule has 0 amide bonds. The largest absolute Gasteiger partial charge is 0.247 e. The Labute approximate surface area is 251 Å². The number of nitriles is 2. The van der Waals surface area contributed by atoms with Crippen molar-refractivity contribution in [2.75, 3.05) is 0 Å². The molecule has 0 saturated heterocycles. The summed E-state index contributed by atoms with van der Waals surface area (Å²) in [5.74, 6) is -4.28. The van der Waals surface area contributed by atoms with Crippen LogP contribution in [0.4, 0.5) is 18.9 Å². The van der Waals surface area contributed by atoms with Crippen molar-refractivity contribution in [1.82, 2.24) is 13.7 Å². The predicted octanol–water partition coefficient (Wildman–Crippen LogP) is 9.11. The first-order valence-electron chi connectivity index (χ1n) is 13.0. The Bertz CT molecular complexity index is 2410. The van der Waals surface area contributed by atoms with Gasteiger partial charge in [-0.2, -0.15) is 19.3 Å². The molecule has 0 N–H and O–H groups in total. The lowest BCUT2D eigenvalue weighted by Crippen LogP contribution is -2.03. The molecule has 6 nitrogen and oxygen atoms in total. The maximum absolute atomic E-state index is 15.1. The van der Waals surface area contributed by atoms with Crippen molar-refractivity contribution in [3.63, 3.8) is 0 Å². The molecule has 7 rings (SSSR count). The second kappa shape index (κ2) is 10.3. The van der Waals surface area contributed by atoms with E-state index in [9.17, 15) is 14.9 Å². The molecular weight excluding hydrogens is 581 g/mol. The number of halogens is 3. The van der Waals surface area contributed by atoms with Crippen LogP contribution in [0.5, 0.6) is 0 Å². The molecule has 0 radical (unpaired) electrons. The number of rotatable bonds is 3. The van der Waals surface area contributed by atoms with Crippen LogP contribution in [-0.4, -0.2) is 13.7 Å². The molecule has 2 aromatic heterocycles. The van der Waals surface area contributed by atoms with Crippen molar-refractivity contribution in [3.8, 4) is 45.6 Å². The summed E-state index contributed by atoms with van der Waals surface area (Å²) in [5, 5.41) is 21.1. The van der Waals surface area contributed by atoms with Crippen LogP contribution in [0.15, 0.2) is 78.9 Å². The van der Waals surface area contributed by atoms with Crippen molar-refractivity contribution in [2.45, 2.75) is 0 Å². The van der Waals surface area contributed by atoms with Crippen LogP contribution in [0.1, 0.15) is 11.1 Å². The van der Waals surface area contributed by atoms with Crippen LogP contribution in [-0.2, 0) is 0 Å². The SMILES string of the molecule is [C-]#[N+]c1ccc(-c2nc3ccccc3c3c2cc(-c2ccc(-c4c(F)c(C#N)c(F)c(C#N)c4F)cc2)c2nsnc23)cc1. The number of nitrogens with zero attached hydrogens (tertiary/aromatic N) is 6. The molecule has 0 atom stereocenters. The zero-order valence-corrected chi connectivity index (χ0v) is 23.0. The lowest BCUT2D eigenvalue weighted by molar-refractivity contribution is 0.539. The molecule has 2 heterocycles. The number of pyridine rings is 1. The van der Waals surface area contributed by atoms with E-state index in [2.05, 4.69) is 13.6 Å². The van der Waals surface area contributed by atoms with Gasteiger partial charge >= 0.3 is 0 Å². The fraction of sp³-hybridized carbons (Fsp3) is 0. The number of fused-ring (bicyclic) bond motifs is 5. The summed E-state index contributed by atoms with van der Waals surface area (Å²) in [7, 11) is 0. The van der Waals surface area contributed by atoms with Gasteiger partial charge in [-0.25, -0.2) is 23.0 Å². The number of para-hydroxylation sites is 1. The van der Waals surface area contributed by atoms with Crippen molar-refractivity contribution >= 4 is 50.1 Å². The quantitative estimate of drug-likeness (QED) is 0.150. The molecule has 0 spiro atoms. The minimum absolute atomic E-state index is 0.0263. The minimum Gasteiger partial charge on any atom is -0.247 e. The monoisotopic (exact) mass is 594 g/mol. The first kappa shape index (κ1) is 26.7. The third-order valence-corrected chi connectivity index (χ3v) is 8.02. The number of aromatic nitrogens is 3. The van der Waals surface area contributed by atoms with Gasteiger partial charge in [0.2, 0.25) is 0 Å². The van der Waals surface area contributed by atoms with Gasteiger partial charge in [0.15, 0.2) is 23.1 Å². The van der Waals surface area contributed by atoms with Crippen LogP contribution in [0.2, 0.25) is 0 Å². The maximum atomic E-state index is 15.1. The molecule has 7 aromatic rings. The van der Waals surface area contributed by atoms with Gasteiger partial charge < -0.3 is 0 Å². The summed E-state index contributed by atoms with van der Waals surface area (Å²) in [5.41, 5.74) is 2.72. The molecule has 10 heteroatoms. The van der Waals surface area contributed by atoms with Crippen LogP contribution in [0.25, 0.3) is 71.1 Å². The Morgan fingerprint density at radius 2 is 1.32 bits per heavy atom. The van der Waals surface area contributed by atoms with Gasteiger partial charge in [-0.3, -0.25) is 0 Å². The fourth-order valence-electron chi connectivity index (χ4n) is 5.43. The maximum Gasteiger partial charge on any atom is 0.187 e. The second-order valence-electron chi connectivity index (χ2n) is 9.81. The topological polar surface area (TPSA) is 90.6 Å². The molecule has 0 fully saturated rings. The molecule has 44 heavy (non-hydrogen) atoms. The Kier molecular flexibility index (Phi) is 6.25. The van der Waals surface area contributed by atoms with Gasteiger partial charge in [-0.15, -0.1) is 0 Å². The minimum atomic E-state index is -1.53. The average Bonchev–Trinajstić information content (AvgIpc) is 3.55. The van der Waals surface area contributed by atoms with Crippen molar-refractivity contribution in [2.24, 2.45) is 0 Å². The second-order valence-corrected chi connectivity index (χ2v) is 10.3. The average molecular weight is 595 g/mol. The number of hydrogen-bond donors (Lipinski definition) is 0. The van der Waals surface area contributed by atoms with E-state index in [0.29, 0.717) is 33.5 Å². The molecule has 0 saturated carbocycles. The highest BCUT2D eigenvalue weighted by Crippen LogP contribution is 2.42. The molecule has 0 aliphatic heterocycles. The van der Waals surface area contributed by atoms with Gasteiger partial charge in [-0.1, -0.05) is 66.7 Å². The van der Waals surface area contributed by atoms with Crippen LogP contribution in [0, 0.1) is 46.7 Å². The Morgan fingerprint density at radius 1 is 0.705 bits per heavy atom. The van der Waals surface area contributed by atoms with Crippen molar-refractivity contribution in [3.05, 3.63) is 119 Å². The normalized spacial score (nSPS) is 11.0. The van der Waals surface area contributed by atoms with E-state index in [4.69, 9.17) is 11.6 Å². The molecule has 0 bridgehead atoms. The van der Waals surface area contributed by atoms with E-state index in [1.807, 2.05) is 42.5 Å². The first-order chi connectivity index (χ1) is 21.4. The highest BCUT2D eigenvalue weighted by molar-refractivity contribution is 7.00. The highest BCUT2D eigenvalue weighted by atomic mass is 32.1. The molecule has 206 valence electrons. The lowest BCUT2D eigenvalue weighted by atomic mass is 9.92. The smallest absolute Gasteiger partial charge is 0.187 e. The summed E-state index contributed by atoms with van der Waals surface area (Å²) in [6.07, 6.45) is 0. The first-order valence-corrected chi connectivity index (χ1v) is 13.7. The van der Waals surface area contributed by atoms with E-state index in [0.717, 1.165) is 39.0 Å². The summed E-state index contributed by atoms with van der Waals surface area (Å²) < 4.78 is 53.8. The molecule has 0 unspecified atom stereocenters. The standard InChI is InChI=1S/C34H13F3N6S/c1-40-20-12-10-19(11-13-20)32-23-14-22(33-34(43-44-42-33)28(23)21-4-2-3-5-26(21)41-32)17-6-8-18(9-7-17)27-30(36)24(15-38)29(35)25(16-39)31(27)37/h2-14H. The van der Waals surface area contributed by atoms with E-state index in [1.165, 1.54) is 24.3 Å². The summed E-state index contributed by atoms with van der Waals surface area (Å²) in [4.78, 5) is 8.46. The Hall–Kier alpha value is -6.15. The van der Waals surface area contributed by atoms with Gasteiger partial charge in [0.25, 0.3) is 0 Å². The third-order valence-electron chi connectivity index (χ3n) is 7.49. The van der Waals surface area contributed by atoms with Gasteiger partial charge in [0.05, 0.1) is 35.1 Å². The molecule has 0 aliphatic carbocycles. The fourth-order valence-corrected chi connectivity index (χ4v) is 6.00. The number of benzene rings is 5. The summed E-state index contributed by atoms with van der Waals surface area (Å²) in [6, 6.07) is 25.8. The zero-order chi connectivity index (χ0) is 30.5. The molecular formula is C34H13F3N6S. The summed E-state index contributed by atoms with van der Waals surface area (Å²) >= 11 is 1.06. The van der Waals surface area contributed by atoms with Gasteiger partial charge in [0, 0.05) is 21.7 Å². The molecule has 5 aromatic carbocycles. The van der Waals surface area contributed by atoms with Crippen LogP contribution < -0.4 is 0 Å². The number of hydrogen-bond acceptors (Lipinski definition) is 6. The van der Waals surface area contributed by atoms with Crippen LogP contribution in [0.3, 0.4) is 0 Å². The van der Waals surface area contributed by atoms with E-state index < -0.39 is 34.1 Å². The van der Waals surface area contributed by atoms with Crippen molar-refractivity contribution in [1.29, 1.82) is 10.5 Å². The molecule has 0 aliphatic rings. The summed E-state index contributed by atoms with van der Waals surface area (Å²) in [6.45, 7) is 7.31. The highest BCUT2D eigenvalue weighted by Gasteiger charge is 2.26. The van der Waals surface area contributed by atoms with Gasteiger partial charge in [-0.05, 0) is 28.8 Å². The van der Waals surface area contributed by atoms with E-state index >= 15 is 8.78 Å². The van der Waals surface area contributed by atoms with E-state index in [1.54, 1.807) is 24.3 Å². The Morgan fingerprint density at radius 3 is 1.98 bits per heavy atom. The van der Waals surface area contributed by atoms with Crippen molar-refractivity contribution < 1.29 is 13.2 Å². The Balaban J connectivity index is 1.47. The van der Waals surface area contributed by atoms with Gasteiger partial charge in [0.1, 0.15) is 34.3 Å². The van der Waals surface area contributed by atoms with Crippen LogP contribution >= 0.6 is 11.7 Å².